The Morgan fingerprint density at radius 3 is 2.29 bits per heavy atom. The molecule has 0 spiro atoms. The number of aliphatic hydroxyl groups is 3. The number of hydrogen-bond donors (Lipinski definition) is 3. The Morgan fingerprint density at radius 1 is 1.35 bits per heavy atom. The summed E-state index contributed by atoms with van der Waals surface area (Å²) >= 11 is 0. The standard InChI is InChI=1S/C12H20O5/c1-6(5-13)12(3)4-8(15)10(16)11(17)9(12)7(2)14/h6-9,13-15H,4-5H2,1-3H3. The van der Waals surface area contributed by atoms with E-state index in [0.29, 0.717) is 0 Å². The second-order valence-electron chi connectivity index (χ2n) is 5.26. The van der Waals surface area contributed by atoms with Crippen LogP contribution in [0.25, 0.3) is 0 Å². The molecule has 1 rings (SSSR count). The number of hydrogen-bond acceptors (Lipinski definition) is 5. The van der Waals surface area contributed by atoms with Crippen LogP contribution in [-0.2, 0) is 9.59 Å². The Labute approximate surface area is 100 Å². The molecule has 1 aliphatic rings. The van der Waals surface area contributed by atoms with Crippen molar-refractivity contribution in [2.45, 2.75) is 39.4 Å². The van der Waals surface area contributed by atoms with E-state index in [-0.39, 0.29) is 18.9 Å². The average Bonchev–Trinajstić information content (AvgIpc) is 2.24. The van der Waals surface area contributed by atoms with Gasteiger partial charge in [-0.1, -0.05) is 13.8 Å². The molecule has 0 heterocycles. The van der Waals surface area contributed by atoms with Crippen LogP contribution >= 0.6 is 0 Å². The second kappa shape index (κ2) is 4.84. The number of Topliss-reactive ketones (excluding diaryl/α,β-unsaturated/α-hetero) is 2. The van der Waals surface area contributed by atoms with Crippen molar-refractivity contribution in [3.05, 3.63) is 0 Å². The van der Waals surface area contributed by atoms with Crippen molar-refractivity contribution in [1.29, 1.82) is 0 Å². The van der Waals surface area contributed by atoms with Crippen LogP contribution in [0.1, 0.15) is 27.2 Å². The molecule has 0 aromatic heterocycles. The number of rotatable bonds is 3. The van der Waals surface area contributed by atoms with Gasteiger partial charge >= 0.3 is 0 Å². The summed E-state index contributed by atoms with van der Waals surface area (Å²) in [6.07, 6.45) is -2.20. The van der Waals surface area contributed by atoms with Crippen molar-refractivity contribution in [3.63, 3.8) is 0 Å². The summed E-state index contributed by atoms with van der Waals surface area (Å²) in [6.45, 7) is 4.76. The van der Waals surface area contributed by atoms with E-state index in [2.05, 4.69) is 0 Å². The molecule has 5 nitrogen and oxygen atoms in total. The smallest absolute Gasteiger partial charge is 0.227 e. The van der Waals surface area contributed by atoms with Gasteiger partial charge in [-0.25, -0.2) is 0 Å². The van der Waals surface area contributed by atoms with Crippen LogP contribution in [0.5, 0.6) is 0 Å². The zero-order chi connectivity index (χ0) is 13.4. The third-order valence-electron chi connectivity index (χ3n) is 4.05. The molecule has 0 saturated heterocycles. The van der Waals surface area contributed by atoms with Crippen LogP contribution in [0.4, 0.5) is 0 Å². The van der Waals surface area contributed by atoms with Gasteiger partial charge in [-0.05, 0) is 24.7 Å². The predicted molar refractivity (Wildman–Crippen MR) is 60.2 cm³/mol. The first-order valence-electron chi connectivity index (χ1n) is 5.80. The van der Waals surface area contributed by atoms with Crippen LogP contribution in [0.3, 0.4) is 0 Å². The first kappa shape index (κ1) is 14.3. The summed E-state index contributed by atoms with van der Waals surface area (Å²) in [5.41, 5.74) is -0.771. The van der Waals surface area contributed by atoms with Crippen LogP contribution in [0.15, 0.2) is 0 Å². The fourth-order valence-corrected chi connectivity index (χ4v) is 2.74. The Balaban J connectivity index is 3.17. The quantitative estimate of drug-likeness (QED) is 0.583. The van der Waals surface area contributed by atoms with Crippen molar-refractivity contribution in [2.24, 2.45) is 17.3 Å². The molecule has 0 aromatic rings. The van der Waals surface area contributed by atoms with Crippen molar-refractivity contribution < 1.29 is 24.9 Å². The lowest BCUT2D eigenvalue weighted by Crippen LogP contribution is -2.56. The van der Waals surface area contributed by atoms with Crippen molar-refractivity contribution >= 4 is 11.6 Å². The minimum Gasteiger partial charge on any atom is -0.396 e. The number of aliphatic hydroxyl groups excluding tert-OH is 3. The van der Waals surface area contributed by atoms with Gasteiger partial charge in [0.05, 0.1) is 12.0 Å². The van der Waals surface area contributed by atoms with Crippen molar-refractivity contribution in [2.75, 3.05) is 6.61 Å². The molecular formula is C12H20O5. The molecule has 0 radical (unpaired) electrons. The largest absolute Gasteiger partial charge is 0.396 e. The van der Waals surface area contributed by atoms with E-state index < -0.39 is 35.1 Å². The lowest BCUT2D eigenvalue weighted by molar-refractivity contribution is -0.161. The summed E-state index contributed by atoms with van der Waals surface area (Å²) < 4.78 is 0. The lowest BCUT2D eigenvalue weighted by Gasteiger charge is -2.46. The molecule has 1 fully saturated rings. The van der Waals surface area contributed by atoms with E-state index in [1.54, 1.807) is 13.8 Å². The normalized spacial score (nSPS) is 38.0. The maximum atomic E-state index is 11.9. The molecule has 5 unspecified atom stereocenters. The molecule has 98 valence electrons. The van der Waals surface area contributed by atoms with Gasteiger partial charge in [0, 0.05) is 6.61 Å². The zero-order valence-corrected chi connectivity index (χ0v) is 10.4. The van der Waals surface area contributed by atoms with Crippen molar-refractivity contribution in [1.82, 2.24) is 0 Å². The SMILES string of the molecule is CC(O)C1C(=O)C(=O)C(O)CC1(C)C(C)CO. The Hall–Kier alpha value is -0.780. The first-order chi connectivity index (χ1) is 7.75. The lowest BCUT2D eigenvalue weighted by atomic mass is 9.58. The molecule has 1 saturated carbocycles. The highest BCUT2D eigenvalue weighted by Crippen LogP contribution is 2.45. The van der Waals surface area contributed by atoms with E-state index in [1.165, 1.54) is 6.92 Å². The molecule has 5 atom stereocenters. The van der Waals surface area contributed by atoms with Gasteiger partial charge in [-0.3, -0.25) is 9.59 Å². The van der Waals surface area contributed by atoms with E-state index in [1.807, 2.05) is 0 Å². The van der Waals surface area contributed by atoms with Gasteiger partial charge in [0.15, 0.2) is 0 Å². The summed E-state index contributed by atoms with van der Waals surface area (Å²) in [5, 5.41) is 28.5. The fraction of sp³-hybridized carbons (Fsp3) is 0.833. The summed E-state index contributed by atoms with van der Waals surface area (Å²) in [7, 11) is 0. The Morgan fingerprint density at radius 2 is 1.88 bits per heavy atom. The summed E-state index contributed by atoms with van der Waals surface area (Å²) in [6, 6.07) is 0. The molecule has 0 aliphatic heterocycles. The monoisotopic (exact) mass is 244 g/mol. The second-order valence-corrected chi connectivity index (χ2v) is 5.26. The summed E-state index contributed by atoms with van der Waals surface area (Å²) in [4.78, 5) is 23.3. The molecule has 5 heteroatoms. The molecule has 1 aliphatic carbocycles. The molecule has 17 heavy (non-hydrogen) atoms. The number of carbonyl (C=O) groups is 2. The maximum absolute atomic E-state index is 11.9. The van der Waals surface area contributed by atoms with Crippen LogP contribution < -0.4 is 0 Å². The fourth-order valence-electron chi connectivity index (χ4n) is 2.74. The first-order valence-corrected chi connectivity index (χ1v) is 5.80. The maximum Gasteiger partial charge on any atom is 0.227 e. The Kier molecular flexibility index (Phi) is 4.06. The molecular weight excluding hydrogens is 224 g/mol. The highest BCUT2D eigenvalue weighted by molar-refractivity contribution is 6.40. The third-order valence-corrected chi connectivity index (χ3v) is 4.05. The molecule has 0 amide bonds. The molecule has 3 N–H and O–H groups in total. The predicted octanol–water partition coefficient (Wildman–Crippen LogP) is -0.479. The van der Waals surface area contributed by atoms with Crippen molar-refractivity contribution in [3.8, 4) is 0 Å². The van der Waals surface area contributed by atoms with Gasteiger partial charge in [-0.15, -0.1) is 0 Å². The minimum absolute atomic E-state index is 0.0921. The van der Waals surface area contributed by atoms with E-state index in [4.69, 9.17) is 0 Å². The Bertz CT molecular complexity index is 325. The number of ketones is 2. The van der Waals surface area contributed by atoms with Crippen LogP contribution in [0.2, 0.25) is 0 Å². The highest BCUT2D eigenvalue weighted by Gasteiger charge is 2.53. The van der Waals surface area contributed by atoms with E-state index in [0.717, 1.165) is 0 Å². The van der Waals surface area contributed by atoms with Gasteiger partial charge in [0.25, 0.3) is 0 Å². The highest BCUT2D eigenvalue weighted by atomic mass is 16.3. The third kappa shape index (κ3) is 2.27. The average molecular weight is 244 g/mol. The molecule has 0 bridgehead atoms. The van der Waals surface area contributed by atoms with Gasteiger partial charge in [0.1, 0.15) is 6.10 Å². The summed E-state index contributed by atoms with van der Waals surface area (Å²) in [5.74, 6) is -2.71. The van der Waals surface area contributed by atoms with Crippen LogP contribution in [-0.4, -0.2) is 45.7 Å². The van der Waals surface area contributed by atoms with Gasteiger partial charge in [-0.2, -0.15) is 0 Å². The van der Waals surface area contributed by atoms with E-state index in [9.17, 15) is 24.9 Å². The number of carbonyl (C=O) groups excluding carboxylic acids is 2. The van der Waals surface area contributed by atoms with Gasteiger partial charge < -0.3 is 15.3 Å². The molecule has 0 aromatic carbocycles. The minimum atomic E-state index is -1.32. The topological polar surface area (TPSA) is 94.8 Å². The van der Waals surface area contributed by atoms with Gasteiger partial charge in [0.2, 0.25) is 11.6 Å². The van der Waals surface area contributed by atoms with E-state index >= 15 is 0 Å². The van der Waals surface area contributed by atoms with Crippen LogP contribution in [0, 0.1) is 17.3 Å². The zero-order valence-electron chi connectivity index (χ0n) is 10.4.